The number of benzene rings is 2. The van der Waals surface area contributed by atoms with Gasteiger partial charge in [0.15, 0.2) is 0 Å². The number of rotatable bonds is 8. The second-order valence-corrected chi connectivity index (χ2v) is 7.40. The minimum Gasteiger partial charge on any atom is -0.329 e. The minimum absolute atomic E-state index is 0.0680. The van der Waals surface area contributed by atoms with Crippen molar-refractivity contribution in [3.8, 4) is 0 Å². The van der Waals surface area contributed by atoms with E-state index < -0.39 is 0 Å². The Labute approximate surface area is 177 Å². The Bertz CT molecular complexity index is 1090. The summed E-state index contributed by atoms with van der Waals surface area (Å²) < 4.78 is 1.59. The molecule has 1 unspecified atom stereocenters. The average Bonchev–Trinajstić information content (AvgIpc) is 2.78. The van der Waals surface area contributed by atoms with Gasteiger partial charge >= 0.3 is 0 Å². The normalized spacial score (nSPS) is 12.4. The number of unbranched alkanes of at least 4 members (excludes halogenated alkanes) is 1. The number of para-hydroxylation sites is 1. The Kier molecular flexibility index (Phi) is 7.17. The zero-order valence-electron chi connectivity index (χ0n) is 17.9. The van der Waals surface area contributed by atoms with E-state index in [9.17, 15) is 9.59 Å². The van der Waals surface area contributed by atoms with Crippen molar-refractivity contribution in [2.24, 2.45) is 7.05 Å². The summed E-state index contributed by atoms with van der Waals surface area (Å²) in [6, 6.07) is 16.9. The molecule has 1 amide bonds. The Balaban J connectivity index is 2.00. The zero-order chi connectivity index (χ0) is 21.5. The summed E-state index contributed by atoms with van der Waals surface area (Å²) in [5.41, 5.74) is 1.55. The third-order valence-electron chi connectivity index (χ3n) is 5.33. The van der Waals surface area contributed by atoms with Gasteiger partial charge in [-0.3, -0.25) is 14.2 Å². The van der Waals surface area contributed by atoms with Gasteiger partial charge in [0.25, 0.3) is 5.56 Å². The fourth-order valence-electron chi connectivity index (χ4n) is 3.65. The fraction of sp³-hybridized carbons (Fsp3) is 0.320. The van der Waals surface area contributed by atoms with Crippen LogP contribution in [0.2, 0.25) is 0 Å². The molecule has 30 heavy (non-hydrogen) atoms. The van der Waals surface area contributed by atoms with E-state index in [1.807, 2.05) is 66.4 Å². The first-order valence-electron chi connectivity index (χ1n) is 10.6. The van der Waals surface area contributed by atoms with Crippen LogP contribution in [0.1, 0.15) is 50.5 Å². The van der Waals surface area contributed by atoms with Gasteiger partial charge in [0.05, 0.1) is 16.9 Å². The van der Waals surface area contributed by atoms with Crippen molar-refractivity contribution in [3.05, 3.63) is 82.4 Å². The largest absolute Gasteiger partial charge is 0.329 e. The van der Waals surface area contributed by atoms with Gasteiger partial charge in [0.2, 0.25) is 5.91 Å². The molecule has 156 valence electrons. The van der Waals surface area contributed by atoms with Crippen LogP contribution in [0.15, 0.2) is 65.5 Å². The van der Waals surface area contributed by atoms with E-state index in [1.54, 1.807) is 23.8 Å². The van der Waals surface area contributed by atoms with Gasteiger partial charge in [-0.2, -0.15) is 0 Å². The predicted octanol–water partition coefficient (Wildman–Crippen LogP) is 4.73. The van der Waals surface area contributed by atoms with Crippen LogP contribution >= 0.6 is 0 Å². The summed E-state index contributed by atoms with van der Waals surface area (Å²) in [7, 11) is 1.74. The summed E-state index contributed by atoms with van der Waals surface area (Å²) in [6.07, 6.45) is 6.00. The van der Waals surface area contributed by atoms with Crippen LogP contribution in [0.5, 0.6) is 0 Å². The standard InChI is InChI=1S/C25H29N3O2/c1-4-6-18-28(23(29)17-16-19-12-8-7-9-13-19)22(5-2)24-26-21-15-11-10-14-20(21)25(30)27(24)3/h7-17,22H,4-6,18H2,1-3H3. The first-order chi connectivity index (χ1) is 14.6. The van der Waals surface area contributed by atoms with Gasteiger partial charge in [-0.05, 0) is 36.6 Å². The van der Waals surface area contributed by atoms with E-state index in [-0.39, 0.29) is 17.5 Å². The lowest BCUT2D eigenvalue weighted by Gasteiger charge is -2.31. The molecular weight excluding hydrogens is 374 g/mol. The van der Waals surface area contributed by atoms with Crippen LogP contribution in [0.25, 0.3) is 17.0 Å². The summed E-state index contributed by atoms with van der Waals surface area (Å²) in [4.78, 5) is 32.7. The molecule has 0 fully saturated rings. The van der Waals surface area contributed by atoms with Crippen molar-refractivity contribution in [2.45, 2.75) is 39.2 Å². The van der Waals surface area contributed by atoms with Crippen molar-refractivity contribution in [3.63, 3.8) is 0 Å². The summed E-state index contributed by atoms with van der Waals surface area (Å²) in [5, 5.41) is 0.592. The van der Waals surface area contributed by atoms with Gasteiger partial charge in [0, 0.05) is 19.7 Å². The number of carbonyl (C=O) groups excluding carboxylic acids is 1. The lowest BCUT2D eigenvalue weighted by Crippen LogP contribution is -2.38. The molecule has 0 aliphatic rings. The lowest BCUT2D eigenvalue weighted by atomic mass is 10.1. The number of fused-ring (bicyclic) bond motifs is 1. The fourth-order valence-corrected chi connectivity index (χ4v) is 3.65. The van der Waals surface area contributed by atoms with Crippen molar-refractivity contribution in [1.82, 2.24) is 14.5 Å². The molecule has 0 bridgehead atoms. The molecule has 0 aliphatic carbocycles. The predicted molar refractivity (Wildman–Crippen MR) is 122 cm³/mol. The molecule has 1 heterocycles. The van der Waals surface area contributed by atoms with Crippen LogP contribution < -0.4 is 5.56 Å². The van der Waals surface area contributed by atoms with E-state index in [0.717, 1.165) is 18.4 Å². The number of carbonyl (C=O) groups is 1. The Morgan fingerprint density at radius 3 is 2.50 bits per heavy atom. The van der Waals surface area contributed by atoms with Crippen molar-refractivity contribution in [2.75, 3.05) is 6.54 Å². The molecule has 0 saturated heterocycles. The average molecular weight is 404 g/mol. The van der Waals surface area contributed by atoms with E-state index in [0.29, 0.717) is 29.7 Å². The monoisotopic (exact) mass is 403 g/mol. The highest BCUT2D eigenvalue weighted by Gasteiger charge is 2.26. The quantitative estimate of drug-likeness (QED) is 0.511. The molecule has 5 nitrogen and oxygen atoms in total. The second-order valence-electron chi connectivity index (χ2n) is 7.40. The summed E-state index contributed by atoms with van der Waals surface area (Å²) >= 11 is 0. The Morgan fingerprint density at radius 1 is 1.10 bits per heavy atom. The molecule has 0 spiro atoms. The zero-order valence-corrected chi connectivity index (χ0v) is 17.9. The molecular formula is C25H29N3O2. The highest BCUT2D eigenvalue weighted by Crippen LogP contribution is 2.24. The second kappa shape index (κ2) is 10.0. The van der Waals surface area contributed by atoms with Gasteiger partial charge in [-0.15, -0.1) is 0 Å². The molecule has 3 rings (SSSR count). The molecule has 0 radical (unpaired) electrons. The molecule has 5 heteroatoms. The van der Waals surface area contributed by atoms with Crippen molar-refractivity contribution in [1.29, 1.82) is 0 Å². The van der Waals surface area contributed by atoms with Crippen LogP contribution in [0, 0.1) is 0 Å². The SMILES string of the molecule is CCCCN(C(=O)C=Cc1ccccc1)C(CC)c1nc2ccccc2c(=O)n1C. The lowest BCUT2D eigenvalue weighted by molar-refractivity contribution is -0.128. The van der Waals surface area contributed by atoms with Gasteiger partial charge < -0.3 is 4.90 Å². The van der Waals surface area contributed by atoms with Crippen molar-refractivity contribution >= 4 is 22.9 Å². The van der Waals surface area contributed by atoms with Crippen LogP contribution in [0.4, 0.5) is 0 Å². The number of nitrogens with zero attached hydrogens (tertiary/aromatic N) is 3. The maximum absolute atomic E-state index is 13.2. The molecule has 1 aromatic heterocycles. The number of hydrogen-bond donors (Lipinski definition) is 0. The molecule has 3 aromatic rings. The summed E-state index contributed by atoms with van der Waals surface area (Å²) in [6.45, 7) is 4.75. The number of amides is 1. The minimum atomic E-state index is -0.272. The summed E-state index contributed by atoms with van der Waals surface area (Å²) in [5.74, 6) is 0.556. The first-order valence-corrected chi connectivity index (χ1v) is 10.6. The van der Waals surface area contributed by atoms with Crippen molar-refractivity contribution < 1.29 is 4.79 Å². The third-order valence-corrected chi connectivity index (χ3v) is 5.33. The number of aromatic nitrogens is 2. The van der Waals surface area contributed by atoms with Crippen LogP contribution in [0.3, 0.4) is 0 Å². The van der Waals surface area contributed by atoms with Gasteiger partial charge in [-0.25, -0.2) is 4.98 Å². The molecule has 2 aromatic carbocycles. The molecule has 1 atom stereocenters. The third kappa shape index (κ3) is 4.67. The topological polar surface area (TPSA) is 55.2 Å². The highest BCUT2D eigenvalue weighted by atomic mass is 16.2. The maximum Gasteiger partial charge on any atom is 0.261 e. The first kappa shape index (κ1) is 21.5. The van der Waals surface area contributed by atoms with Gasteiger partial charge in [-0.1, -0.05) is 62.7 Å². The van der Waals surface area contributed by atoms with Crippen LogP contribution in [-0.4, -0.2) is 26.9 Å². The van der Waals surface area contributed by atoms with E-state index >= 15 is 0 Å². The smallest absolute Gasteiger partial charge is 0.261 e. The Morgan fingerprint density at radius 2 is 1.80 bits per heavy atom. The van der Waals surface area contributed by atoms with Crippen LogP contribution in [-0.2, 0) is 11.8 Å². The van der Waals surface area contributed by atoms with Gasteiger partial charge in [0.1, 0.15) is 5.82 Å². The maximum atomic E-state index is 13.2. The molecule has 0 N–H and O–H groups in total. The molecule has 0 saturated carbocycles. The molecule has 0 aliphatic heterocycles. The van der Waals surface area contributed by atoms with E-state index in [1.165, 1.54) is 0 Å². The van der Waals surface area contributed by atoms with E-state index in [4.69, 9.17) is 4.98 Å². The Hall–Kier alpha value is -3.21. The number of hydrogen-bond acceptors (Lipinski definition) is 3. The highest BCUT2D eigenvalue weighted by molar-refractivity contribution is 5.92. The van der Waals surface area contributed by atoms with E-state index in [2.05, 4.69) is 6.92 Å².